The Labute approximate surface area is 166 Å². The first-order valence-corrected chi connectivity index (χ1v) is 11.0. The second kappa shape index (κ2) is 7.24. The fourth-order valence-corrected chi connectivity index (χ4v) is 5.83. The van der Waals surface area contributed by atoms with E-state index in [4.69, 9.17) is 4.98 Å². The van der Waals surface area contributed by atoms with Crippen LogP contribution in [0.5, 0.6) is 0 Å². The highest BCUT2D eigenvalue weighted by atomic mass is 32.2. The van der Waals surface area contributed by atoms with E-state index >= 15 is 0 Å². The fraction of sp³-hybridized carbons (Fsp3) is 0.381. The topological polar surface area (TPSA) is 52.0 Å². The van der Waals surface area contributed by atoms with Gasteiger partial charge in [0.1, 0.15) is 10.6 Å². The van der Waals surface area contributed by atoms with E-state index in [1.54, 1.807) is 22.8 Å². The van der Waals surface area contributed by atoms with Crippen molar-refractivity contribution in [2.75, 3.05) is 5.75 Å². The number of carbonyl (C=O) groups excluding carboxylic acids is 1. The van der Waals surface area contributed by atoms with Gasteiger partial charge in [0, 0.05) is 4.88 Å². The van der Waals surface area contributed by atoms with Gasteiger partial charge in [0.05, 0.1) is 16.8 Å². The molecule has 2 aromatic heterocycles. The maximum absolute atomic E-state index is 13.6. The lowest BCUT2D eigenvalue weighted by atomic mass is 9.97. The number of aryl methyl sites for hydroxylation is 4. The molecule has 0 spiro atoms. The van der Waals surface area contributed by atoms with E-state index in [0.717, 1.165) is 46.3 Å². The minimum Gasteiger partial charge on any atom is -0.299 e. The molecule has 0 atom stereocenters. The predicted molar refractivity (Wildman–Crippen MR) is 113 cm³/mol. The zero-order valence-corrected chi connectivity index (χ0v) is 17.4. The quantitative estimate of drug-likeness (QED) is 0.475. The molecule has 1 aliphatic rings. The van der Waals surface area contributed by atoms with E-state index in [0.29, 0.717) is 10.9 Å². The van der Waals surface area contributed by atoms with Crippen LogP contribution in [0.1, 0.15) is 41.3 Å². The molecule has 0 radical (unpaired) electrons. The number of carbonyl (C=O) groups is 1. The van der Waals surface area contributed by atoms with Crippen LogP contribution in [0.2, 0.25) is 0 Å². The summed E-state index contributed by atoms with van der Waals surface area (Å²) in [5.74, 6) is 0.389. The largest absolute Gasteiger partial charge is 0.299 e. The molecule has 0 saturated carbocycles. The second-order valence-corrected chi connectivity index (χ2v) is 9.23. The number of thiophene rings is 1. The summed E-state index contributed by atoms with van der Waals surface area (Å²) < 4.78 is 1.71. The Bertz CT molecular complexity index is 1110. The Balaban J connectivity index is 2.01. The molecular weight excluding hydrogens is 376 g/mol. The summed E-state index contributed by atoms with van der Waals surface area (Å²) in [6.07, 6.45) is 4.30. The van der Waals surface area contributed by atoms with E-state index in [1.807, 2.05) is 26.0 Å². The number of aromatic nitrogens is 2. The minimum absolute atomic E-state index is 0.00240. The Morgan fingerprint density at radius 3 is 2.78 bits per heavy atom. The number of thioether (sulfide) groups is 1. The molecule has 0 N–H and O–H groups in total. The fourth-order valence-electron chi connectivity index (χ4n) is 3.72. The maximum Gasteiger partial charge on any atom is 0.267 e. The van der Waals surface area contributed by atoms with Crippen LogP contribution in [0, 0.1) is 13.8 Å². The number of ketones is 1. The summed E-state index contributed by atoms with van der Waals surface area (Å²) in [6.45, 7) is 5.62. The standard InChI is InChI=1S/C21H22N2O2S2/c1-12-8-9-16(13(2)10-12)23-20(25)18-15-6-4-5-7-17(15)27-19(18)22-21(23)26-11-14(3)24/h8-10H,4-7,11H2,1-3H3. The van der Waals surface area contributed by atoms with Crippen molar-refractivity contribution in [2.24, 2.45) is 0 Å². The van der Waals surface area contributed by atoms with Crippen molar-refractivity contribution in [2.45, 2.75) is 51.6 Å². The van der Waals surface area contributed by atoms with Crippen molar-refractivity contribution in [1.29, 1.82) is 0 Å². The van der Waals surface area contributed by atoms with Crippen LogP contribution in [-0.4, -0.2) is 21.1 Å². The molecule has 0 saturated heterocycles. The van der Waals surface area contributed by atoms with Crippen molar-refractivity contribution in [3.05, 3.63) is 50.1 Å². The summed E-state index contributed by atoms with van der Waals surface area (Å²) in [5, 5.41) is 1.38. The zero-order chi connectivity index (χ0) is 19.1. The van der Waals surface area contributed by atoms with Gasteiger partial charge in [0.2, 0.25) is 0 Å². The number of hydrogen-bond acceptors (Lipinski definition) is 5. The van der Waals surface area contributed by atoms with Crippen molar-refractivity contribution < 1.29 is 4.79 Å². The van der Waals surface area contributed by atoms with Crippen LogP contribution in [0.4, 0.5) is 0 Å². The Morgan fingerprint density at radius 2 is 2.04 bits per heavy atom. The van der Waals surface area contributed by atoms with Gasteiger partial charge in [0.15, 0.2) is 5.16 Å². The molecule has 0 amide bonds. The molecule has 2 heterocycles. The zero-order valence-electron chi connectivity index (χ0n) is 15.8. The second-order valence-electron chi connectivity index (χ2n) is 7.21. The van der Waals surface area contributed by atoms with Crippen molar-refractivity contribution in [1.82, 2.24) is 9.55 Å². The van der Waals surface area contributed by atoms with E-state index in [9.17, 15) is 9.59 Å². The van der Waals surface area contributed by atoms with Gasteiger partial charge in [0.25, 0.3) is 5.56 Å². The Kier molecular flexibility index (Phi) is 4.95. The summed E-state index contributed by atoms with van der Waals surface area (Å²) in [7, 11) is 0. The molecule has 0 bridgehead atoms. The first-order chi connectivity index (χ1) is 13.0. The normalized spacial score (nSPS) is 13.7. The van der Waals surface area contributed by atoms with Gasteiger partial charge < -0.3 is 0 Å². The third-order valence-electron chi connectivity index (χ3n) is 4.96. The molecule has 4 nitrogen and oxygen atoms in total. The van der Waals surface area contributed by atoms with Crippen LogP contribution >= 0.6 is 23.1 Å². The van der Waals surface area contributed by atoms with Gasteiger partial charge in [-0.2, -0.15) is 0 Å². The first-order valence-electron chi connectivity index (χ1n) is 9.23. The smallest absolute Gasteiger partial charge is 0.267 e. The lowest BCUT2D eigenvalue weighted by Gasteiger charge is -2.15. The lowest BCUT2D eigenvalue weighted by molar-refractivity contribution is -0.114. The molecule has 3 aromatic rings. The highest BCUT2D eigenvalue weighted by molar-refractivity contribution is 7.99. The molecule has 6 heteroatoms. The van der Waals surface area contributed by atoms with Crippen LogP contribution in [0.3, 0.4) is 0 Å². The van der Waals surface area contributed by atoms with Gasteiger partial charge in [-0.3, -0.25) is 14.2 Å². The molecule has 140 valence electrons. The van der Waals surface area contributed by atoms with Gasteiger partial charge in [-0.15, -0.1) is 11.3 Å². The summed E-state index contributed by atoms with van der Waals surface area (Å²) in [6, 6.07) is 6.08. The molecule has 1 aromatic carbocycles. The van der Waals surface area contributed by atoms with E-state index in [1.165, 1.54) is 28.6 Å². The molecule has 0 aliphatic heterocycles. The van der Waals surface area contributed by atoms with Crippen molar-refractivity contribution in [3.8, 4) is 5.69 Å². The highest BCUT2D eigenvalue weighted by Crippen LogP contribution is 2.35. The third-order valence-corrected chi connectivity index (χ3v) is 7.22. The lowest BCUT2D eigenvalue weighted by Crippen LogP contribution is -2.23. The Hall–Kier alpha value is -1.92. The number of fused-ring (bicyclic) bond motifs is 3. The third kappa shape index (κ3) is 3.36. The van der Waals surface area contributed by atoms with Gasteiger partial charge in [-0.1, -0.05) is 29.5 Å². The minimum atomic E-state index is -0.00240. The molecule has 4 rings (SSSR count). The van der Waals surface area contributed by atoms with E-state index in [-0.39, 0.29) is 11.3 Å². The molecule has 0 fully saturated rings. The molecule has 1 aliphatic carbocycles. The summed E-state index contributed by atoms with van der Waals surface area (Å²) in [4.78, 5) is 32.1. The van der Waals surface area contributed by atoms with Crippen LogP contribution < -0.4 is 5.56 Å². The van der Waals surface area contributed by atoms with Gasteiger partial charge in [-0.05, 0) is 63.6 Å². The monoisotopic (exact) mass is 398 g/mol. The number of Topliss-reactive ketones (excluding diaryl/α,β-unsaturated/α-hetero) is 1. The van der Waals surface area contributed by atoms with Gasteiger partial charge in [-0.25, -0.2) is 4.98 Å². The van der Waals surface area contributed by atoms with Crippen LogP contribution in [-0.2, 0) is 17.6 Å². The molecular formula is C21H22N2O2S2. The maximum atomic E-state index is 13.6. The number of benzene rings is 1. The first kappa shape index (κ1) is 18.4. The predicted octanol–water partition coefficient (Wildman–Crippen LogP) is 4.62. The average molecular weight is 399 g/mol. The van der Waals surface area contributed by atoms with Crippen LogP contribution in [0.25, 0.3) is 15.9 Å². The van der Waals surface area contributed by atoms with Crippen molar-refractivity contribution >= 4 is 39.1 Å². The molecule has 27 heavy (non-hydrogen) atoms. The average Bonchev–Trinajstić information content (AvgIpc) is 2.99. The van der Waals surface area contributed by atoms with Crippen molar-refractivity contribution in [3.63, 3.8) is 0 Å². The van der Waals surface area contributed by atoms with Gasteiger partial charge >= 0.3 is 0 Å². The van der Waals surface area contributed by atoms with E-state index in [2.05, 4.69) is 6.07 Å². The number of nitrogens with zero attached hydrogens (tertiary/aromatic N) is 2. The highest BCUT2D eigenvalue weighted by Gasteiger charge is 2.23. The van der Waals surface area contributed by atoms with Crippen LogP contribution in [0.15, 0.2) is 28.2 Å². The summed E-state index contributed by atoms with van der Waals surface area (Å²) >= 11 is 3.00. The number of hydrogen-bond donors (Lipinski definition) is 0. The number of rotatable bonds is 4. The van der Waals surface area contributed by atoms with E-state index < -0.39 is 0 Å². The Morgan fingerprint density at radius 1 is 1.26 bits per heavy atom. The summed E-state index contributed by atoms with van der Waals surface area (Å²) in [5.41, 5.74) is 4.23. The SMILES string of the molecule is CC(=O)CSc1nc2sc3c(c2c(=O)n1-c1ccc(C)cc1C)CCCC3. The molecule has 0 unspecified atom stereocenters.